The maximum atomic E-state index is 13.4. The predicted molar refractivity (Wildman–Crippen MR) is 89.9 cm³/mol. The molecule has 8 heteroatoms. The van der Waals surface area contributed by atoms with Gasteiger partial charge in [-0.2, -0.15) is 0 Å². The van der Waals surface area contributed by atoms with Crippen molar-refractivity contribution in [2.45, 2.75) is 12.5 Å². The SMILES string of the molecule is O=C(N[C@H]1CC(=O)N(c2cccc(F)c2)C1)N1CC[NH+](CCO)CC1. The molecular formula is C17H24FN4O3+. The summed E-state index contributed by atoms with van der Waals surface area (Å²) < 4.78 is 13.4. The van der Waals surface area contributed by atoms with Crippen LogP contribution in [0.5, 0.6) is 0 Å². The monoisotopic (exact) mass is 351 g/mol. The van der Waals surface area contributed by atoms with E-state index in [-0.39, 0.29) is 36.8 Å². The number of carbonyl (C=O) groups excluding carboxylic acids is 2. The van der Waals surface area contributed by atoms with Gasteiger partial charge in [-0.15, -0.1) is 0 Å². The van der Waals surface area contributed by atoms with Crippen molar-refractivity contribution < 1.29 is 24.0 Å². The highest BCUT2D eigenvalue weighted by Gasteiger charge is 2.33. The van der Waals surface area contributed by atoms with Crippen LogP contribution >= 0.6 is 0 Å². The number of aliphatic hydroxyl groups is 1. The van der Waals surface area contributed by atoms with E-state index in [0.717, 1.165) is 13.1 Å². The van der Waals surface area contributed by atoms with E-state index < -0.39 is 0 Å². The van der Waals surface area contributed by atoms with Gasteiger partial charge in [0.05, 0.1) is 38.8 Å². The number of quaternary nitrogens is 1. The fraction of sp³-hybridized carbons (Fsp3) is 0.529. The van der Waals surface area contributed by atoms with E-state index in [0.29, 0.717) is 31.9 Å². The molecule has 7 nitrogen and oxygen atoms in total. The zero-order chi connectivity index (χ0) is 17.8. The first-order valence-corrected chi connectivity index (χ1v) is 8.62. The minimum absolute atomic E-state index is 0.117. The van der Waals surface area contributed by atoms with Gasteiger partial charge in [0.15, 0.2) is 0 Å². The first kappa shape index (κ1) is 17.6. The second-order valence-electron chi connectivity index (χ2n) is 6.55. The fourth-order valence-electron chi connectivity index (χ4n) is 3.40. The Balaban J connectivity index is 1.52. The Bertz CT molecular complexity index is 634. The number of benzene rings is 1. The zero-order valence-electron chi connectivity index (χ0n) is 14.1. The van der Waals surface area contributed by atoms with Crippen LogP contribution in [0.25, 0.3) is 0 Å². The Hall–Kier alpha value is -2.19. The average molecular weight is 351 g/mol. The maximum Gasteiger partial charge on any atom is 0.318 e. The predicted octanol–water partition coefficient (Wildman–Crippen LogP) is -1.17. The molecule has 0 spiro atoms. The number of hydrogen-bond acceptors (Lipinski definition) is 3. The molecule has 0 unspecified atom stereocenters. The first-order chi connectivity index (χ1) is 12.1. The third-order valence-electron chi connectivity index (χ3n) is 4.80. The molecule has 1 aromatic rings. The van der Waals surface area contributed by atoms with E-state index in [1.165, 1.54) is 21.9 Å². The second-order valence-corrected chi connectivity index (χ2v) is 6.55. The Morgan fingerprint density at radius 1 is 1.36 bits per heavy atom. The Morgan fingerprint density at radius 3 is 2.80 bits per heavy atom. The van der Waals surface area contributed by atoms with Gasteiger partial charge in [0.25, 0.3) is 0 Å². The van der Waals surface area contributed by atoms with E-state index in [2.05, 4.69) is 5.32 Å². The summed E-state index contributed by atoms with van der Waals surface area (Å²) in [6.45, 7) is 4.10. The van der Waals surface area contributed by atoms with Crippen molar-refractivity contribution in [1.29, 1.82) is 0 Å². The lowest BCUT2D eigenvalue weighted by atomic mass is 10.2. The van der Waals surface area contributed by atoms with Crippen LogP contribution in [0.2, 0.25) is 0 Å². The van der Waals surface area contributed by atoms with Crippen molar-refractivity contribution in [1.82, 2.24) is 10.2 Å². The van der Waals surface area contributed by atoms with E-state index in [9.17, 15) is 14.0 Å². The van der Waals surface area contributed by atoms with Crippen molar-refractivity contribution >= 4 is 17.6 Å². The number of amides is 3. The topological polar surface area (TPSA) is 77.3 Å². The molecule has 2 fully saturated rings. The van der Waals surface area contributed by atoms with Crippen molar-refractivity contribution in [2.75, 3.05) is 50.8 Å². The molecule has 2 aliphatic rings. The van der Waals surface area contributed by atoms with Crippen LogP contribution in [-0.2, 0) is 4.79 Å². The van der Waals surface area contributed by atoms with Gasteiger partial charge in [-0.25, -0.2) is 9.18 Å². The molecule has 0 bridgehead atoms. The lowest BCUT2D eigenvalue weighted by molar-refractivity contribution is -0.904. The Morgan fingerprint density at radius 2 is 2.12 bits per heavy atom. The number of hydrogen-bond donors (Lipinski definition) is 3. The summed E-state index contributed by atoms with van der Waals surface area (Å²) in [6, 6.07) is 5.48. The van der Waals surface area contributed by atoms with Crippen LogP contribution in [0.4, 0.5) is 14.9 Å². The van der Waals surface area contributed by atoms with Gasteiger partial charge in [0, 0.05) is 18.7 Å². The number of halogens is 1. The molecule has 25 heavy (non-hydrogen) atoms. The standard InChI is InChI=1S/C17H23FN4O3/c18-13-2-1-3-15(10-13)22-12-14(11-16(22)24)19-17(25)21-6-4-20(5-7-21)8-9-23/h1-3,10,14,23H,4-9,11-12H2,(H,19,25)/p+1/t14-/m0/s1. The van der Waals surface area contributed by atoms with E-state index >= 15 is 0 Å². The van der Waals surface area contributed by atoms with Crippen LogP contribution in [0.3, 0.4) is 0 Å². The number of nitrogens with zero attached hydrogens (tertiary/aromatic N) is 2. The van der Waals surface area contributed by atoms with E-state index in [1.54, 1.807) is 17.0 Å². The molecule has 2 saturated heterocycles. The van der Waals surface area contributed by atoms with Crippen LogP contribution in [0.15, 0.2) is 24.3 Å². The number of aliphatic hydroxyl groups excluding tert-OH is 1. The Labute approximate surface area is 146 Å². The summed E-state index contributed by atoms with van der Waals surface area (Å²) in [7, 11) is 0. The van der Waals surface area contributed by atoms with Gasteiger partial charge < -0.3 is 25.1 Å². The lowest BCUT2D eigenvalue weighted by Gasteiger charge is -2.32. The Kier molecular flexibility index (Phi) is 5.50. The molecule has 136 valence electrons. The second kappa shape index (κ2) is 7.79. The zero-order valence-corrected chi connectivity index (χ0v) is 14.1. The number of rotatable bonds is 4. The summed E-state index contributed by atoms with van der Waals surface area (Å²) in [5.74, 6) is -0.505. The summed E-state index contributed by atoms with van der Waals surface area (Å²) in [5, 5.41) is 11.9. The average Bonchev–Trinajstić information content (AvgIpc) is 2.96. The van der Waals surface area contributed by atoms with Crippen molar-refractivity contribution in [3.8, 4) is 0 Å². The van der Waals surface area contributed by atoms with Crippen LogP contribution in [0, 0.1) is 5.82 Å². The molecule has 0 aromatic heterocycles. The highest BCUT2D eigenvalue weighted by molar-refractivity contribution is 5.96. The quantitative estimate of drug-likeness (QED) is 0.640. The molecular weight excluding hydrogens is 327 g/mol. The molecule has 0 saturated carbocycles. The highest BCUT2D eigenvalue weighted by Crippen LogP contribution is 2.22. The molecule has 2 heterocycles. The third kappa shape index (κ3) is 4.26. The lowest BCUT2D eigenvalue weighted by Crippen LogP contribution is -3.15. The minimum Gasteiger partial charge on any atom is -0.391 e. The largest absolute Gasteiger partial charge is 0.391 e. The van der Waals surface area contributed by atoms with E-state index in [4.69, 9.17) is 5.11 Å². The fourth-order valence-corrected chi connectivity index (χ4v) is 3.40. The summed E-state index contributed by atoms with van der Waals surface area (Å²) in [6.07, 6.45) is 0.220. The summed E-state index contributed by atoms with van der Waals surface area (Å²) in [4.78, 5) is 29.1. The number of nitrogens with one attached hydrogen (secondary N) is 2. The van der Waals surface area contributed by atoms with Crippen LogP contribution in [0.1, 0.15) is 6.42 Å². The highest BCUT2D eigenvalue weighted by atomic mass is 19.1. The van der Waals surface area contributed by atoms with E-state index in [1.807, 2.05) is 0 Å². The van der Waals surface area contributed by atoms with Gasteiger partial charge in [-0.3, -0.25) is 4.79 Å². The number of carbonyl (C=O) groups is 2. The molecule has 3 amide bonds. The smallest absolute Gasteiger partial charge is 0.318 e. The van der Waals surface area contributed by atoms with Gasteiger partial charge >= 0.3 is 6.03 Å². The van der Waals surface area contributed by atoms with Crippen molar-refractivity contribution in [3.05, 3.63) is 30.1 Å². The number of anilines is 1. The number of urea groups is 1. The molecule has 0 radical (unpaired) electrons. The summed E-state index contributed by atoms with van der Waals surface area (Å²) in [5.41, 5.74) is 0.517. The van der Waals surface area contributed by atoms with Crippen molar-refractivity contribution in [3.63, 3.8) is 0 Å². The van der Waals surface area contributed by atoms with Gasteiger partial charge in [-0.05, 0) is 18.2 Å². The first-order valence-electron chi connectivity index (χ1n) is 8.62. The normalized spacial score (nSPS) is 21.7. The molecule has 1 aromatic carbocycles. The molecule has 0 aliphatic carbocycles. The maximum absolute atomic E-state index is 13.4. The number of piperazine rings is 1. The molecule has 3 rings (SSSR count). The summed E-state index contributed by atoms with van der Waals surface area (Å²) >= 11 is 0. The van der Waals surface area contributed by atoms with Gasteiger partial charge in [0.1, 0.15) is 12.4 Å². The third-order valence-corrected chi connectivity index (χ3v) is 4.80. The van der Waals surface area contributed by atoms with Gasteiger partial charge in [0.2, 0.25) is 5.91 Å². The van der Waals surface area contributed by atoms with Crippen molar-refractivity contribution in [2.24, 2.45) is 0 Å². The van der Waals surface area contributed by atoms with Crippen LogP contribution < -0.4 is 15.1 Å². The van der Waals surface area contributed by atoms with Gasteiger partial charge in [-0.1, -0.05) is 6.07 Å². The molecule has 3 N–H and O–H groups in total. The molecule has 2 aliphatic heterocycles. The molecule has 1 atom stereocenters. The minimum atomic E-state index is -0.388. The van der Waals surface area contributed by atoms with Crippen LogP contribution in [-0.4, -0.2) is 73.9 Å².